The fourth-order valence-electron chi connectivity index (χ4n) is 2.41. The fraction of sp³-hybridized carbons (Fsp3) is 0.625. The Morgan fingerprint density at radius 1 is 1.20 bits per heavy atom. The minimum absolute atomic E-state index is 0.261. The zero-order valence-electron chi connectivity index (χ0n) is 13.4. The van der Waals surface area contributed by atoms with Gasteiger partial charge in [-0.05, 0) is 32.6 Å². The minimum Gasteiger partial charge on any atom is -0.497 e. The van der Waals surface area contributed by atoms with Crippen LogP contribution in [0.15, 0.2) is 18.2 Å². The van der Waals surface area contributed by atoms with Gasteiger partial charge in [0.25, 0.3) is 0 Å². The van der Waals surface area contributed by atoms with Crippen LogP contribution in [0.25, 0.3) is 0 Å². The van der Waals surface area contributed by atoms with Gasteiger partial charge >= 0.3 is 0 Å². The molecule has 4 heteroatoms. The maximum Gasteiger partial charge on any atom is 0.127 e. The summed E-state index contributed by atoms with van der Waals surface area (Å²) in [6.07, 6.45) is 1.16. The van der Waals surface area contributed by atoms with Gasteiger partial charge in [0.1, 0.15) is 11.5 Å². The third-order valence-corrected chi connectivity index (χ3v) is 3.37. The lowest BCUT2D eigenvalue weighted by molar-refractivity contribution is 0.287. The highest BCUT2D eigenvalue weighted by Gasteiger charge is 2.17. The van der Waals surface area contributed by atoms with Crippen molar-refractivity contribution in [2.75, 3.05) is 40.9 Å². The molecule has 0 saturated carbocycles. The first kappa shape index (κ1) is 16.8. The second kappa shape index (κ2) is 8.82. The molecule has 0 saturated heterocycles. The average Bonchev–Trinajstić information content (AvgIpc) is 2.46. The van der Waals surface area contributed by atoms with E-state index in [-0.39, 0.29) is 6.04 Å². The summed E-state index contributed by atoms with van der Waals surface area (Å²) in [6, 6.07) is 6.28. The van der Waals surface area contributed by atoms with E-state index in [1.54, 1.807) is 14.2 Å². The van der Waals surface area contributed by atoms with Crippen LogP contribution in [-0.2, 0) is 0 Å². The van der Waals surface area contributed by atoms with Crippen molar-refractivity contribution in [2.45, 2.75) is 26.3 Å². The number of benzene rings is 1. The molecule has 0 radical (unpaired) electrons. The Bertz CT molecular complexity index is 396. The summed E-state index contributed by atoms with van der Waals surface area (Å²) in [5.41, 5.74) is 1.18. The van der Waals surface area contributed by atoms with Gasteiger partial charge in [0.05, 0.1) is 14.2 Å². The quantitative estimate of drug-likeness (QED) is 0.754. The van der Waals surface area contributed by atoms with Gasteiger partial charge in [0.15, 0.2) is 0 Å². The molecule has 0 heterocycles. The van der Waals surface area contributed by atoms with E-state index in [0.717, 1.165) is 37.6 Å². The first-order valence-electron chi connectivity index (χ1n) is 7.30. The molecular weight excluding hydrogens is 252 g/mol. The Morgan fingerprint density at radius 2 is 1.95 bits per heavy atom. The van der Waals surface area contributed by atoms with E-state index in [1.807, 2.05) is 12.1 Å². The molecule has 1 rings (SSSR count). The number of hydrogen-bond acceptors (Lipinski definition) is 4. The summed E-state index contributed by atoms with van der Waals surface area (Å²) < 4.78 is 10.8. The van der Waals surface area contributed by atoms with Crippen LogP contribution in [0.2, 0.25) is 0 Å². The van der Waals surface area contributed by atoms with Crippen molar-refractivity contribution in [2.24, 2.45) is 0 Å². The van der Waals surface area contributed by atoms with Crippen LogP contribution in [-0.4, -0.2) is 45.8 Å². The maximum absolute atomic E-state index is 5.52. The lowest BCUT2D eigenvalue weighted by Crippen LogP contribution is -2.33. The molecule has 1 N–H and O–H groups in total. The average molecular weight is 280 g/mol. The molecule has 0 fully saturated rings. The molecule has 4 nitrogen and oxygen atoms in total. The van der Waals surface area contributed by atoms with Crippen molar-refractivity contribution in [3.8, 4) is 11.5 Å². The molecule has 0 aliphatic carbocycles. The minimum atomic E-state index is 0.261. The Morgan fingerprint density at radius 3 is 2.50 bits per heavy atom. The first-order valence-corrected chi connectivity index (χ1v) is 7.30. The molecule has 0 amide bonds. The third kappa shape index (κ3) is 4.69. The summed E-state index contributed by atoms with van der Waals surface area (Å²) in [4.78, 5) is 2.34. The molecule has 1 unspecified atom stereocenters. The summed E-state index contributed by atoms with van der Waals surface area (Å²) in [5.74, 6) is 1.70. The SMILES string of the molecule is CCCN(C)CC(NCC)c1ccc(OC)cc1OC. The Labute approximate surface area is 123 Å². The highest BCUT2D eigenvalue weighted by Crippen LogP contribution is 2.29. The third-order valence-electron chi connectivity index (χ3n) is 3.37. The predicted octanol–water partition coefficient (Wildman–Crippen LogP) is 2.70. The summed E-state index contributed by atoms with van der Waals surface area (Å²) in [5, 5.41) is 3.54. The number of methoxy groups -OCH3 is 2. The lowest BCUT2D eigenvalue weighted by atomic mass is 10.0. The van der Waals surface area contributed by atoms with Gasteiger partial charge in [0.2, 0.25) is 0 Å². The van der Waals surface area contributed by atoms with Crippen LogP contribution < -0.4 is 14.8 Å². The number of nitrogens with one attached hydrogen (secondary N) is 1. The number of likely N-dealkylation sites (N-methyl/N-ethyl adjacent to an activating group) is 2. The van der Waals surface area contributed by atoms with Crippen LogP contribution in [0.3, 0.4) is 0 Å². The van der Waals surface area contributed by atoms with Crippen molar-refractivity contribution in [1.29, 1.82) is 0 Å². The van der Waals surface area contributed by atoms with Gasteiger partial charge in [-0.25, -0.2) is 0 Å². The van der Waals surface area contributed by atoms with Crippen molar-refractivity contribution in [3.63, 3.8) is 0 Å². The van der Waals surface area contributed by atoms with Gasteiger partial charge in [-0.3, -0.25) is 0 Å². The summed E-state index contributed by atoms with van der Waals surface area (Å²) >= 11 is 0. The molecule has 1 atom stereocenters. The van der Waals surface area contributed by atoms with Gasteiger partial charge in [0, 0.05) is 24.2 Å². The standard InChI is InChI=1S/C16H28N2O2/c1-6-10-18(3)12-15(17-7-2)14-9-8-13(19-4)11-16(14)20-5/h8-9,11,15,17H,6-7,10,12H2,1-5H3. The molecule has 1 aromatic rings. The highest BCUT2D eigenvalue weighted by atomic mass is 16.5. The zero-order valence-corrected chi connectivity index (χ0v) is 13.4. The molecule has 0 aliphatic rings. The van der Waals surface area contributed by atoms with Crippen molar-refractivity contribution >= 4 is 0 Å². The zero-order chi connectivity index (χ0) is 15.0. The lowest BCUT2D eigenvalue weighted by Gasteiger charge is -2.26. The van der Waals surface area contributed by atoms with Crippen LogP contribution in [0.1, 0.15) is 31.9 Å². The van der Waals surface area contributed by atoms with Crippen molar-refractivity contribution in [3.05, 3.63) is 23.8 Å². The van der Waals surface area contributed by atoms with Gasteiger partial charge < -0.3 is 19.7 Å². The van der Waals surface area contributed by atoms with E-state index in [9.17, 15) is 0 Å². The Kier molecular flexibility index (Phi) is 7.41. The second-order valence-corrected chi connectivity index (χ2v) is 4.98. The second-order valence-electron chi connectivity index (χ2n) is 4.98. The van der Waals surface area contributed by atoms with E-state index < -0.39 is 0 Å². The largest absolute Gasteiger partial charge is 0.497 e. The Hall–Kier alpha value is -1.26. The van der Waals surface area contributed by atoms with Gasteiger partial charge in [-0.15, -0.1) is 0 Å². The fourth-order valence-corrected chi connectivity index (χ4v) is 2.41. The normalized spacial score (nSPS) is 12.5. The van der Waals surface area contributed by atoms with Gasteiger partial charge in [-0.2, -0.15) is 0 Å². The molecule has 1 aromatic carbocycles. The number of hydrogen-bond donors (Lipinski definition) is 1. The monoisotopic (exact) mass is 280 g/mol. The molecular formula is C16H28N2O2. The van der Waals surface area contributed by atoms with Crippen molar-refractivity contribution < 1.29 is 9.47 Å². The predicted molar refractivity (Wildman–Crippen MR) is 83.8 cm³/mol. The van der Waals surface area contributed by atoms with E-state index >= 15 is 0 Å². The van der Waals surface area contributed by atoms with Crippen molar-refractivity contribution in [1.82, 2.24) is 10.2 Å². The number of ether oxygens (including phenoxy) is 2. The smallest absolute Gasteiger partial charge is 0.127 e. The van der Waals surface area contributed by atoms with Crippen LogP contribution in [0, 0.1) is 0 Å². The molecule has 0 spiro atoms. The molecule has 0 aliphatic heterocycles. The van der Waals surface area contributed by atoms with Crippen LogP contribution >= 0.6 is 0 Å². The summed E-state index contributed by atoms with van der Waals surface area (Å²) in [7, 11) is 5.53. The maximum atomic E-state index is 5.52. The van der Waals surface area contributed by atoms with E-state index in [4.69, 9.17) is 9.47 Å². The van der Waals surface area contributed by atoms with E-state index in [0.29, 0.717) is 0 Å². The summed E-state index contributed by atoms with van der Waals surface area (Å²) in [6.45, 7) is 7.32. The molecule has 0 bridgehead atoms. The number of nitrogens with zero attached hydrogens (tertiary/aromatic N) is 1. The Balaban J connectivity index is 2.95. The first-order chi connectivity index (χ1) is 9.65. The highest BCUT2D eigenvalue weighted by molar-refractivity contribution is 5.42. The van der Waals surface area contributed by atoms with E-state index in [1.165, 1.54) is 5.56 Å². The van der Waals surface area contributed by atoms with Crippen LogP contribution in [0.5, 0.6) is 11.5 Å². The number of rotatable bonds is 9. The van der Waals surface area contributed by atoms with E-state index in [2.05, 4.69) is 37.2 Å². The van der Waals surface area contributed by atoms with Crippen LogP contribution in [0.4, 0.5) is 0 Å². The molecule has 20 heavy (non-hydrogen) atoms. The van der Waals surface area contributed by atoms with Gasteiger partial charge in [-0.1, -0.05) is 19.9 Å². The topological polar surface area (TPSA) is 33.7 Å². The molecule has 0 aromatic heterocycles. The molecule has 114 valence electrons.